The van der Waals surface area contributed by atoms with Crippen LogP contribution in [0, 0.1) is 17.8 Å². The van der Waals surface area contributed by atoms with E-state index in [4.69, 9.17) is 10.5 Å². The normalized spacial score (nSPS) is 28.3. The summed E-state index contributed by atoms with van der Waals surface area (Å²) >= 11 is 0. The molecular formula is C18H27ClN2O2. The van der Waals surface area contributed by atoms with Gasteiger partial charge < -0.3 is 15.8 Å². The number of ether oxygens (including phenoxy) is 1. The highest BCUT2D eigenvalue weighted by Crippen LogP contribution is 2.47. The quantitative estimate of drug-likeness (QED) is 0.779. The maximum absolute atomic E-state index is 12.6. The van der Waals surface area contributed by atoms with Gasteiger partial charge in [-0.15, -0.1) is 12.4 Å². The van der Waals surface area contributed by atoms with Crippen LogP contribution in [0.5, 0.6) is 5.75 Å². The number of halogens is 1. The van der Waals surface area contributed by atoms with Crippen molar-refractivity contribution in [2.24, 2.45) is 23.5 Å². The minimum Gasteiger partial charge on any atom is -0.494 e. The monoisotopic (exact) mass is 338 g/mol. The first-order valence-electron chi connectivity index (χ1n) is 8.48. The fourth-order valence-electron chi connectivity index (χ4n) is 3.95. The van der Waals surface area contributed by atoms with Crippen molar-refractivity contribution >= 4 is 24.0 Å². The summed E-state index contributed by atoms with van der Waals surface area (Å²) in [5.74, 6) is 1.88. The van der Waals surface area contributed by atoms with Crippen molar-refractivity contribution in [2.75, 3.05) is 11.9 Å². The zero-order chi connectivity index (χ0) is 15.5. The van der Waals surface area contributed by atoms with Crippen molar-refractivity contribution in [1.82, 2.24) is 0 Å². The number of carbonyl (C=O) groups excluding carboxylic acids is 1. The van der Waals surface area contributed by atoms with Gasteiger partial charge in [0, 0.05) is 17.8 Å². The maximum Gasteiger partial charge on any atom is 0.229 e. The van der Waals surface area contributed by atoms with Gasteiger partial charge in [-0.25, -0.2) is 0 Å². The minimum absolute atomic E-state index is 0. The lowest BCUT2D eigenvalue weighted by atomic mass is 9.84. The molecule has 0 heterocycles. The first-order valence-corrected chi connectivity index (χ1v) is 8.48. The molecule has 1 amide bonds. The Balaban J connectivity index is 0.00000192. The van der Waals surface area contributed by atoms with Crippen LogP contribution in [0.4, 0.5) is 5.69 Å². The molecule has 0 aromatic heterocycles. The summed E-state index contributed by atoms with van der Waals surface area (Å²) in [5, 5.41) is 3.03. The third-order valence-electron chi connectivity index (χ3n) is 5.15. The molecule has 2 bridgehead atoms. The standard InChI is InChI=1S/C18H26N2O2.ClH/c1-2-3-9-22-15-6-4-5-14(11-15)20-18(21)16-12-7-8-13(10-12)17(16)19;/h4-6,11-13,16-17H,2-3,7-10,19H2,1H3,(H,20,21);1H. The van der Waals surface area contributed by atoms with Crippen molar-refractivity contribution in [1.29, 1.82) is 0 Å². The first-order chi connectivity index (χ1) is 10.7. The highest BCUT2D eigenvalue weighted by Gasteiger charge is 2.49. The van der Waals surface area contributed by atoms with E-state index in [0.717, 1.165) is 37.1 Å². The summed E-state index contributed by atoms with van der Waals surface area (Å²) in [6.07, 6.45) is 5.61. The van der Waals surface area contributed by atoms with Crippen LogP contribution in [-0.4, -0.2) is 18.6 Å². The van der Waals surface area contributed by atoms with E-state index >= 15 is 0 Å². The van der Waals surface area contributed by atoms with E-state index in [9.17, 15) is 4.79 Å². The van der Waals surface area contributed by atoms with Crippen molar-refractivity contribution in [2.45, 2.75) is 45.1 Å². The van der Waals surface area contributed by atoms with Gasteiger partial charge in [-0.2, -0.15) is 0 Å². The van der Waals surface area contributed by atoms with Gasteiger partial charge in [0.15, 0.2) is 0 Å². The van der Waals surface area contributed by atoms with Gasteiger partial charge in [0.05, 0.1) is 12.5 Å². The van der Waals surface area contributed by atoms with E-state index in [-0.39, 0.29) is 30.3 Å². The third kappa shape index (κ3) is 3.99. The third-order valence-corrected chi connectivity index (χ3v) is 5.15. The second-order valence-corrected chi connectivity index (χ2v) is 6.66. The summed E-state index contributed by atoms with van der Waals surface area (Å²) in [6, 6.07) is 7.67. The van der Waals surface area contributed by atoms with E-state index in [1.54, 1.807) is 0 Å². The van der Waals surface area contributed by atoms with E-state index in [0.29, 0.717) is 18.4 Å². The van der Waals surface area contributed by atoms with Crippen molar-refractivity contribution in [3.05, 3.63) is 24.3 Å². The van der Waals surface area contributed by atoms with Gasteiger partial charge in [-0.3, -0.25) is 4.79 Å². The molecule has 0 radical (unpaired) electrons. The molecule has 2 fully saturated rings. The van der Waals surface area contributed by atoms with Crippen LogP contribution in [0.2, 0.25) is 0 Å². The van der Waals surface area contributed by atoms with Gasteiger partial charge in [0.2, 0.25) is 5.91 Å². The number of hydrogen-bond donors (Lipinski definition) is 2. The highest BCUT2D eigenvalue weighted by molar-refractivity contribution is 5.93. The van der Waals surface area contributed by atoms with Crippen molar-refractivity contribution < 1.29 is 9.53 Å². The lowest BCUT2D eigenvalue weighted by Crippen LogP contribution is -2.42. The van der Waals surface area contributed by atoms with Crippen LogP contribution in [0.3, 0.4) is 0 Å². The number of rotatable bonds is 6. The summed E-state index contributed by atoms with van der Waals surface area (Å²) in [7, 11) is 0. The molecule has 4 unspecified atom stereocenters. The Morgan fingerprint density at radius 1 is 1.35 bits per heavy atom. The number of nitrogens with two attached hydrogens (primary N) is 1. The molecular weight excluding hydrogens is 312 g/mol. The van der Waals surface area contributed by atoms with Gasteiger partial charge in [-0.05, 0) is 49.7 Å². The van der Waals surface area contributed by atoms with Crippen LogP contribution in [-0.2, 0) is 4.79 Å². The molecule has 4 atom stereocenters. The summed E-state index contributed by atoms with van der Waals surface area (Å²) in [5.41, 5.74) is 7.04. The second kappa shape index (κ2) is 8.02. The van der Waals surface area contributed by atoms with Crippen LogP contribution >= 0.6 is 12.4 Å². The second-order valence-electron chi connectivity index (χ2n) is 6.66. The molecule has 23 heavy (non-hydrogen) atoms. The van der Waals surface area contributed by atoms with Gasteiger partial charge in [-0.1, -0.05) is 19.4 Å². The predicted molar refractivity (Wildman–Crippen MR) is 95.0 cm³/mol. The molecule has 0 spiro atoms. The average molecular weight is 339 g/mol. The first kappa shape index (κ1) is 18.1. The van der Waals surface area contributed by atoms with E-state index < -0.39 is 0 Å². The van der Waals surface area contributed by atoms with Gasteiger partial charge >= 0.3 is 0 Å². The number of carbonyl (C=O) groups is 1. The summed E-state index contributed by atoms with van der Waals surface area (Å²) < 4.78 is 5.69. The zero-order valence-electron chi connectivity index (χ0n) is 13.7. The molecule has 0 saturated heterocycles. The Morgan fingerprint density at radius 3 is 2.83 bits per heavy atom. The molecule has 2 aliphatic rings. The van der Waals surface area contributed by atoms with Crippen molar-refractivity contribution in [3.8, 4) is 5.75 Å². The highest BCUT2D eigenvalue weighted by atomic mass is 35.5. The summed E-state index contributed by atoms with van der Waals surface area (Å²) in [6.45, 7) is 2.85. The molecule has 3 rings (SSSR count). The topological polar surface area (TPSA) is 64.3 Å². The van der Waals surface area contributed by atoms with E-state index in [1.165, 1.54) is 6.42 Å². The molecule has 1 aromatic carbocycles. The Bertz CT molecular complexity index is 536. The van der Waals surface area contributed by atoms with E-state index in [1.807, 2.05) is 24.3 Å². The minimum atomic E-state index is -0.0246. The van der Waals surface area contributed by atoms with Gasteiger partial charge in [0.1, 0.15) is 5.75 Å². The largest absolute Gasteiger partial charge is 0.494 e. The Morgan fingerprint density at radius 2 is 2.13 bits per heavy atom. The summed E-state index contributed by atoms with van der Waals surface area (Å²) in [4.78, 5) is 12.6. The number of hydrogen-bond acceptors (Lipinski definition) is 3. The Kier molecular flexibility index (Phi) is 6.31. The van der Waals surface area contributed by atoms with Crippen LogP contribution < -0.4 is 15.8 Å². The molecule has 0 aliphatic heterocycles. The molecule has 128 valence electrons. The van der Waals surface area contributed by atoms with Crippen LogP contribution in [0.1, 0.15) is 39.0 Å². The number of anilines is 1. The van der Waals surface area contributed by atoms with Crippen LogP contribution in [0.15, 0.2) is 24.3 Å². The lowest BCUT2D eigenvalue weighted by Gasteiger charge is -2.27. The van der Waals surface area contributed by atoms with Crippen molar-refractivity contribution in [3.63, 3.8) is 0 Å². The number of fused-ring (bicyclic) bond motifs is 2. The fourth-order valence-corrected chi connectivity index (χ4v) is 3.95. The molecule has 1 aromatic rings. The average Bonchev–Trinajstić information content (AvgIpc) is 3.08. The number of benzene rings is 1. The molecule has 3 N–H and O–H groups in total. The molecule has 5 heteroatoms. The zero-order valence-corrected chi connectivity index (χ0v) is 14.5. The Hall–Kier alpha value is -1.26. The molecule has 2 aliphatic carbocycles. The number of nitrogens with one attached hydrogen (secondary N) is 1. The molecule has 4 nitrogen and oxygen atoms in total. The lowest BCUT2D eigenvalue weighted by molar-refractivity contribution is -0.121. The number of unbranched alkanes of at least 4 members (excludes halogenated alkanes) is 1. The number of amides is 1. The maximum atomic E-state index is 12.6. The fraction of sp³-hybridized carbons (Fsp3) is 0.611. The smallest absolute Gasteiger partial charge is 0.229 e. The Labute approximate surface area is 144 Å². The molecule has 2 saturated carbocycles. The van der Waals surface area contributed by atoms with Gasteiger partial charge in [0.25, 0.3) is 0 Å². The van der Waals surface area contributed by atoms with Crippen LogP contribution in [0.25, 0.3) is 0 Å². The van der Waals surface area contributed by atoms with E-state index in [2.05, 4.69) is 12.2 Å². The SMILES string of the molecule is CCCCOc1cccc(NC(=O)C2C3CCC(C3)C2N)c1.Cl. The predicted octanol–water partition coefficient (Wildman–Crippen LogP) is 3.60.